The smallest absolute Gasteiger partial charge is 0.160 e. The molecule has 0 spiro atoms. The number of aromatic nitrogens is 4. The minimum absolute atomic E-state index is 0.297. The third kappa shape index (κ3) is 6.05. The highest BCUT2D eigenvalue weighted by Gasteiger charge is 2.15. The first-order valence-electron chi connectivity index (χ1n) is 17.2. The fraction of sp³-hybridized carbons (Fsp3) is 0. The van der Waals surface area contributed by atoms with Crippen molar-refractivity contribution in [3.05, 3.63) is 194 Å². The van der Waals surface area contributed by atoms with Crippen LogP contribution in [0.3, 0.4) is 0 Å². The molecule has 9 aromatic rings. The fourth-order valence-corrected chi connectivity index (χ4v) is 6.66. The van der Waals surface area contributed by atoms with Crippen molar-refractivity contribution < 1.29 is 4.39 Å². The summed E-state index contributed by atoms with van der Waals surface area (Å²) in [6.45, 7) is 0. The Hall–Kier alpha value is -6.98. The van der Waals surface area contributed by atoms with Crippen LogP contribution in [0.2, 0.25) is 0 Å². The van der Waals surface area contributed by atoms with Gasteiger partial charge in [-0.25, -0.2) is 19.3 Å². The highest BCUT2D eigenvalue weighted by molar-refractivity contribution is 5.84. The van der Waals surface area contributed by atoms with Crippen molar-refractivity contribution in [2.75, 3.05) is 0 Å². The van der Waals surface area contributed by atoms with Crippen LogP contribution in [0.5, 0.6) is 0 Å². The molecule has 7 aromatic carbocycles. The number of hydrogen-bond donors (Lipinski definition) is 0. The Kier molecular flexibility index (Phi) is 7.99. The van der Waals surface area contributed by atoms with Crippen LogP contribution in [-0.4, -0.2) is 19.5 Å². The first kappa shape index (κ1) is 31.0. The molecule has 0 saturated carbocycles. The summed E-state index contributed by atoms with van der Waals surface area (Å²) in [5, 5.41) is 0. The maximum Gasteiger partial charge on any atom is 0.160 e. The molecular formula is C47H31FN4. The van der Waals surface area contributed by atoms with Gasteiger partial charge in [0.15, 0.2) is 5.82 Å². The summed E-state index contributed by atoms with van der Waals surface area (Å²) in [5.41, 5.74) is 12.9. The predicted molar refractivity (Wildman–Crippen MR) is 209 cm³/mol. The second kappa shape index (κ2) is 13.4. The Bertz CT molecular complexity index is 2650. The van der Waals surface area contributed by atoms with Crippen LogP contribution in [0.25, 0.3) is 84.3 Å². The predicted octanol–water partition coefficient (Wildman–Crippen LogP) is 12.0. The minimum atomic E-state index is -0.297. The SMILES string of the molecule is Fc1ccc(-c2nc(-c3ccc(-c4ccc(-c5nc6ccccc6n5-c5ccccc5)cc4)cc3)cc(-c3cccc(-c4ccccc4)c3)n2)cc1. The zero-order chi connectivity index (χ0) is 34.9. The number of imidazole rings is 1. The molecule has 0 aliphatic carbocycles. The van der Waals surface area contributed by atoms with E-state index in [0.717, 1.165) is 78.4 Å². The average Bonchev–Trinajstić information content (AvgIpc) is 3.62. The van der Waals surface area contributed by atoms with Crippen LogP contribution in [0.15, 0.2) is 188 Å². The summed E-state index contributed by atoms with van der Waals surface area (Å²) in [5.74, 6) is 1.15. The first-order valence-corrected chi connectivity index (χ1v) is 17.2. The van der Waals surface area contributed by atoms with Gasteiger partial charge in [-0.3, -0.25) is 4.57 Å². The quantitative estimate of drug-likeness (QED) is 0.169. The van der Waals surface area contributed by atoms with Crippen LogP contribution in [0.1, 0.15) is 0 Å². The van der Waals surface area contributed by atoms with Crippen molar-refractivity contribution in [3.63, 3.8) is 0 Å². The van der Waals surface area contributed by atoms with Crippen molar-refractivity contribution in [2.24, 2.45) is 0 Å². The summed E-state index contributed by atoms with van der Waals surface area (Å²) in [4.78, 5) is 14.9. The molecule has 246 valence electrons. The molecule has 2 heterocycles. The van der Waals surface area contributed by atoms with Crippen LogP contribution < -0.4 is 0 Å². The molecule has 0 amide bonds. The van der Waals surface area contributed by atoms with E-state index in [1.54, 1.807) is 12.1 Å². The summed E-state index contributed by atoms with van der Waals surface area (Å²) in [6, 6.07) is 62.6. The van der Waals surface area contributed by atoms with E-state index in [-0.39, 0.29) is 5.82 Å². The Balaban J connectivity index is 1.06. The van der Waals surface area contributed by atoms with Gasteiger partial charge in [-0.2, -0.15) is 0 Å². The third-order valence-electron chi connectivity index (χ3n) is 9.33. The van der Waals surface area contributed by atoms with Gasteiger partial charge in [0.25, 0.3) is 0 Å². The van der Waals surface area contributed by atoms with E-state index in [1.165, 1.54) is 12.1 Å². The molecule has 0 bridgehead atoms. The number of fused-ring (bicyclic) bond motifs is 1. The van der Waals surface area contributed by atoms with E-state index in [0.29, 0.717) is 5.82 Å². The van der Waals surface area contributed by atoms with Crippen LogP contribution in [0, 0.1) is 5.82 Å². The molecule has 9 rings (SSSR count). The standard InChI is InChI=1S/C47H31FN4/c48-40-28-26-36(27-29-40)46-49-43(31-44(50-46)39-13-9-12-38(30-39)32-10-3-1-4-11-32)35-22-18-33(19-23-35)34-20-24-37(25-21-34)47-51-42-16-7-8-17-45(42)52(47)41-14-5-2-6-15-41/h1-31H. The largest absolute Gasteiger partial charge is 0.292 e. The van der Waals surface area contributed by atoms with Gasteiger partial charge >= 0.3 is 0 Å². The second-order valence-electron chi connectivity index (χ2n) is 12.7. The van der Waals surface area contributed by atoms with Gasteiger partial charge in [-0.15, -0.1) is 0 Å². The lowest BCUT2D eigenvalue weighted by molar-refractivity contribution is 0.628. The van der Waals surface area contributed by atoms with Crippen LogP contribution in [-0.2, 0) is 0 Å². The first-order chi connectivity index (χ1) is 25.7. The highest BCUT2D eigenvalue weighted by Crippen LogP contribution is 2.33. The van der Waals surface area contributed by atoms with Gasteiger partial charge in [-0.05, 0) is 82.9 Å². The van der Waals surface area contributed by atoms with Gasteiger partial charge in [0.05, 0.1) is 22.4 Å². The number of para-hydroxylation sites is 3. The van der Waals surface area contributed by atoms with Crippen molar-refractivity contribution in [2.45, 2.75) is 0 Å². The monoisotopic (exact) mass is 670 g/mol. The second-order valence-corrected chi connectivity index (χ2v) is 12.7. The summed E-state index contributed by atoms with van der Waals surface area (Å²) < 4.78 is 16.1. The number of hydrogen-bond acceptors (Lipinski definition) is 3. The Labute approximate surface area is 301 Å². The molecule has 4 nitrogen and oxygen atoms in total. The Morgan fingerprint density at radius 1 is 0.365 bits per heavy atom. The molecule has 0 fully saturated rings. The van der Waals surface area contributed by atoms with Crippen LogP contribution in [0.4, 0.5) is 4.39 Å². The molecule has 0 saturated heterocycles. The van der Waals surface area contributed by atoms with E-state index in [1.807, 2.05) is 36.4 Å². The Morgan fingerprint density at radius 3 is 1.60 bits per heavy atom. The van der Waals surface area contributed by atoms with Gasteiger partial charge in [0, 0.05) is 27.9 Å². The van der Waals surface area contributed by atoms with Crippen molar-refractivity contribution in [1.82, 2.24) is 19.5 Å². The maximum absolute atomic E-state index is 13.9. The van der Waals surface area contributed by atoms with Gasteiger partial charge < -0.3 is 0 Å². The minimum Gasteiger partial charge on any atom is -0.292 e. The molecule has 0 aliphatic rings. The van der Waals surface area contributed by atoms with E-state index in [2.05, 4.69) is 132 Å². The van der Waals surface area contributed by atoms with Gasteiger partial charge in [0.1, 0.15) is 11.6 Å². The molecule has 0 N–H and O–H groups in total. The van der Waals surface area contributed by atoms with E-state index >= 15 is 0 Å². The zero-order valence-electron chi connectivity index (χ0n) is 28.1. The number of nitrogens with zero attached hydrogens (tertiary/aromatic N) is 4. The zero-order valence-corrected chi connectivity index (χ0v) is 28.1. The lowest BCUT2D eigenvalue weighted by atomic mass is 9.99. The number of halogens is 1. The highest BCUT2D eigenvalue weighted by atomic mass is 19.1. The Morgan fingerprint density at radius 2 is 0.885 bits per heavy atom. The average molecular weight is 671 g/mol. The van der Waals surface area contributed by atoms with Crippen molar-refractivity contribution in [1.29, 1.82) is 0 Å². The fourth-order valence-electron chi connectivity index (χ4n) is 6.66. The normalized spacial score (nSPS) is 11.2. The van der Waals surface area contributed by atoms with Crippen molar-refractivity contribution >= 4 is 11.0 Å². The third-order valence-corrected chi connectivity index (χ3v) is 9.33. The number of rotatable bonds is 7. The molecule has 0 radical (unpaired) electrons. The van der Waals surface area contributed by atoms with Crippen molar-refractivity contribution in [3.8, 4) is 73.2 Å². The lowest BCUT2D eigenvalue weighted by Gasteiger charge is -2.12. The van der Waals surface area contributed by atoms with Gasteiger partial charge in [0.2, 0.25) is 0 Å². The van der Waals surface area contributed by atoms with E-state index in [9.17, 15) is 4.39 Å². The molecule has 52 heavy (non-hydrogen) atoms. The lowest BCUT2D eigenvalue weighted by Crippen LogP contribution is -1.97. The van der Waals surface area contributed by atoms with Gasteiger partial charge in [-0.1, -0.05) is 127 Å². The van der Waals surface area contributed by atoms with E-state index < -0.39 is 0 Å². The van der Waals surface area contributed by atoms with Crippen LogP contribution >= 0.6 is 0 Å². The topological polar surface area (TPSA) is 43.6 Å². The molecule has 0 atom stereocenters. The molecule has 0 unspecified atom stereocenters. The number of benzene rings is 7. The molecule has 5 heteroatoms. The summed E-state index contributed by atoms with van der Waals surface area (Å²) in [7, 11) is 0. The molecule has 0 aliphatic heterocycles. The summed E-state index contributed by atoms with van der Waals surface area (Å²) in [6.07, 6.45) is 0. The maximum atomic E-state index is 13.9. The molecular weight excluding hydrogens is 640 g/mol. The molecule has 2 aromatic heterocycles. The van der Waals surface area contributed by atoms with E-state index in [4.69, 9.17) is 15.0 Å². The summed E-state index contributed by atoms with van der Waals surface area (Å²) >= 11 is 0.